The van der Waals surface area contributed by atoms with Crippen molar-refractivity contribution in [2.45, 2.75) is 6.04 Å². The molecule has 0 aliphatic heterocycles. The lowest BCUT2D eigenvalue weighted by molar-refractivity contribution is 0.0949. The van der Waals surface area contributed by atoms with E-state index in [1.165, 1.54) is 17.7 Å². The Bertz CT molecular complexity index is 1060. The standard InChI is InChI=1S/C23H24N4O3/c1-4-15-24-21(29)18-20(28)22(30)27(3)23(25-18)26(2)19(16-11-7-5-8-12-16)17-13-9-6-10-14-17/h4-14,19,28H,1,15H2,2-3H3,(H,24,29). The summed E-state index contributed by atoms with van der Waals surface area (Å²) in [7, 11) is 3.31. The zero-order valence-corrected chi connectivity index (χ0v) is 16.9. The maximum absolute atomic E-state index is 12.6. The van der Waals surface area contributed by atoms with Gasteiger partial charge in [0.25, 0.3) is 11.5 Å². The first-order valence-electron chi connectivity index (χ1n) is 9.47. The lowest BCUT2D eigenvalue weighted by atomic mass is 9.97. The van der Waals surface area contributed by atoms with Gasteiger partial charge in [-0.2, -0.15) is 0 Å². The number of aromatic nitrogens is 2. The molecule has 7 heteroatoms. The number of nitrogens with one attached hydrogen (secondary N) is 1. The molecule has 0 unspecified atom stereocenters. The van der Waals surface area contributed by atoms with E-state index in [1.807, 2.05) is 65.6 Å². The van der Waals surface area contributed by atoms with Gasteiger partial charge in [0.1, 0.15) is 0 Å². The Kier molecular flexibility index (Phi) is 6.32. The third-order valence-electron chi connectivity index (χ3n) is 4.80. The Morgan fingerprint density at radius 2 is 1.70 bits per heavy atom. The Balaban J connectivity index is 2.14. The molecule has 1 heterocycles. The molecule has 30 heavy (non-hydrogen) atoms. The maximum Gasteiger partial charge on any atom is 0.297 e. The molecular formula is C23H24N4O3. The van der Waals surface area contributed by atoms with Crippen molar-refractivity contribution < 1.29 is 9.90 Å². The molecule has 0 atom stereocenters. The van der Waals surface area contributed by atoms with Crippen LogP contribution in [0.3, 0.4) is 0 Å². The van der Waals surface area contributed by atoms with E-state index in [0.29, 0.717) is 0 Å². The van der Waals surface area contributed by atoms with E-state index in [1.54, 1.807) is 7.05 Å². The van der Waals surface area contributed by atoms with Crippen LogP contribution in [0.25, 0.3) is 0 Å². The smallest absolute Gasteiger partial charge is 0.297 e. The molecule has 0 bridgehead atoms. The zero-order valence-electron chi connectivity index (χ0n) is 16.9. The van der Waals surface area contributed by atoms with Gasteiger partial charge in [-0.15, -0.1) is 6.58 Å². The highest BCUT2D eigenvalue weighted by molar-refractivity contribution is 5.95. The Hall–Kier alpha value is -3.87. The van der Waals surface area contributed by atoms with E-state index in [-0.39, 0.29) is 24.2 Å². The SMILES string of the molecule is C=CCNC(=O)c1nc(N(C)C(c2ccccc2)c2ccccc2)n(C)c(=O)c1O. The van der Waals surface area contributed by atoms with Crippen molar-refractivity contribution in [1.82, 2.24) is 14.9 Å². The van der Waals surface area contributed by atoms with Crippen LogP contribution in [0.4, 0.5) is 5.95 Å². The van der Waals surface area contributed by atoms with Gasteiger partial charge in [-0.05, 0) is 11.1 Å². The molecule has 0 radical (unpaired) electrons. The average Bonchev–Trinajstić information content (AvgIpc) is 2.77. The van der Waals surface area contributed by atoms with Gasteiger partial charge >= 0.3 is 0 Å². The zero-order chi connectivity index (χ0) is 21.7. The number of carbonyl (C=O) groups excluding carboxylic acids is 1. The molecule has 0 aliphatic carbocycles. The number of carbonyl (C=O) groups is 1. The minimum Gasteiger partial charge on any atom is -0.501 e. The van der Waals surface area contributed by atoms with Crippen LogP contribution in [0, 0.1) is 0 Å². The molecule has 2 N–H and O–H groups in total. The fourth-order valence-electron chi connectivity index (χ4n) is 3.33. The van der Waals surface area contributed by atoms with Crippen LogP contribution < -0.4 is 15.8 Å². The van der Waals surface area contributed by atoms with E-state index in [9.17, 15) is 14.7 Å². The highest BCUT2D eigenvalue weighted by atomic mass is 16.3. The molecule has 0 fully saturated rings. The van der Waals surface area contributed by atoms with Crippen molar-refractivity contribution in [2.75, 3.05) is 18.5 Å². The molecule has 0 saturated carbocycles. The van der Waals surface area contributed by atoms with E-state index in [4.69, 9.17) is 0 Å². The molecule has 1 amide bonds. The second kappa shape index (κ2) is 9.09. The van der Waals surface area contributed by atoms with Gasteiger partial charge in [-0.1, -0.05) is 66.7 Å². The Morgan fingerprint density at radius 1 is 1.17 bits per heavy atom. The molecule has 7 nitrogen and oxygen atoms in total. The number of nitrogens with zero attached hydrogens (tertiary/aromatic N) is 3. The summed E-state index contributed by atoms with van der Waals surface area (Å²) in [6, 6.07) is 19.3. The van der Waals surface area contributed by atoms with Crippen molar-refractivity contribution in [3.8, 4) is 5.75 Å². The predicted molar refractivity (Wildman–Crippen MR) is 117 cm³/mol. The van der Waals surface area contributed by atoms with E-state index in [2.05, 4.69) is 16.9 Å². The molecular weight excluding hydrogens is 380 g/mol. The van der Waals surface area contributed by atoms with Crippen molar-refractivity contribution in [2.24, 2.45) is 7.05 Å². The first-order valence-corrected chi connectivity index (χ1v) is 9.47. The van der Waals surface area contributed by atoms with Crippen molar-refractivity contribution >= 4 is 11.9 Å². The summed E-state index contributed by atoms with van der Waals surface area (Å²) in [4.78, 5) is 31.2. The van der Waals surface area contributed by atoms with Crippen LogP contribution in [0.2, 0.25) is 0 Å². The average molecular weight is 404 g/mol. The Labute approximate surface area is 174 Å². The number of aromatic hydroxyl groups is 1. The van der Waals surface area contributed by atoms with E-state index < -0.39 is 17.2 Å². The van der Waals surface area contributed by atoms with Gasteiger partial charge in [-0.3, -0.25) is 14.2 Å². The van der Waals surface area contributed by atoms with Gasteiger partial charge < -0.3 is 15.3 Å². The summed E-state index contributed by atoms with van der Waals surface area (Å²) in [6.07, 6.45) is 1.50. The summed E-state index contributed by atoms with van der Waals surface area (Å²) < 4.78 is 1.23. The molecule has 0 saturated heterocycles. The topological polar surface area (TPSA) is 87.5 Å². The molecule has 154 valence electrons. The molecule has 3 aromatic rings. The van der Waals surface area contributed by atoms with Gasteiger partial charge in [-0.25, -0.2) is 4.98 Å². The van der Waals surface area contributed by atoms with Crippen LogP contribution >= 0.6 is 0 Å². The van der Waals surface area contributed by atoms with Gasteiger partial charge in [0.15, 0.2) is 5.69 Å². The quantitative estimate of drug-likeness (QED) is 0.591. The lowest BCUT2D eigenvalue weighted by Crippen LogP contribution is -2.35. The summed E-state index contributed by atoms with van der Waals surface area (Å²) in [5.74, 6) is -1.08. The van der Waals surface area contributed by atoms with Crippen LogP contribution in [-0.2, 0) is 7.05 Å². The highest BCUT2D eigenvalue weighted by Crippen LogP contribution is 2.30. The summed E-state index contributed by atoms with van der Waals surface area (Å²) in [5.41, 5.74) is 0.967. The van der Waals surface area contributed by atoms with Gasteiger partial charge in [0, 0.05) is 20.6 Å². The number of hydrogen-bond donors (Lipinski definition) is 2. The second-order valence-corrected chi connectivity index (χ2v) is 6.81. The van der Waals surface area contributed by atoms with Crippen LogP contribution in [0.15, 0.2) is 78.1 Å². The number of hydrogen-bond acceptors (Lipinski definition) is 5. The molecule has 2 aromatic carbocycles. The molecule has 0 spiro atoms. The van der Waals surface area contributed by atoms with Gasteiger partial charge in [0.05, 0.1) is 6.04 Å². The fraction of sp³-hybridized carbons (Fsp3) is 0.174. The van der Waals surface area contributed by atoms with Crippen LogP contribution in [0.5, 0.6) is 5.75 Å². The highest BCUT2D eigenvalue weighted by Gasteiger charge is 2.26. The number of benzene rings is 2. The number of rotatable bonds is 7. The summed E-state index contributed by atoms with van der Waals surface area (Å²) in [5, 5.41) is 12.8. The maximum atomic E-state index is 12.6. The monoisotopic (exact) mass is 404 g/mol. The predicted octanol–water partition coefficient (Wildman–Crippen LogP) is 2.63. The van der Waals surface area contributed by atoms with Crippen molar-refractivity contribution in [1.29, 1.82) is 0 Å². The fourth-order valence-corrected chi connectivity index (χ4v) is 3.33. The minimum absolute atomic E-state index is 0.191. The van der Waals surface area contributed by atoms with Crippen LogP contribution in [0.1, 0.15) is 27.7 Å². The Morgan fingerprint density at radius 3 is 2.20 bits per heavy atom. The molecule has 1 aromatic heterocycles. The lowest BCUT2D eigenvalue weighted by Gasteiger charge is -2.31. The first kappa shape index (κ1) is 20.9. The van der Waals surface area contributed by atoms with Crippen LogP contribution in [-0.4, -0.2) is 34.2 Å². The minimum atomic E-state index is -0.699. The third-order valence-corrected chi connectivity index (χ3v) is 4.80. The van der Waals surface area contributed by atoms with Crippen molar-refractivity contribution in [3.05, 3.63) is 100 Å². The second-order valence-electron chi connectivity index (χ2n) is 6.81. The third kappa shape index (κ3) is 4.10. The molecule has 3 rings (SSSR count). The normalized spacial score (nSPS) is 10.6. The first-order chi connectivity index (χ1) is 14.5. The van der Waals surface area contributed by atoms with Gasteiger partial charge in [0.2, 0.25) is 11.7 Å². The van der Waals surface area contributed by atoms with Crippen molar-refractivity contribution in [3.63, 3.8) is 0 Å². The summed E-state index contributed by atoms with van der Waals surface area (Å²) >= 11 is 0. The number of amides is 1. The van der Waals surface area contributed by atoms with E-state index >= 15 is 0 Å². The van der Waals surface area contributed by atoms with E-state index in [0.717, 1.165) is 11.1 Å². The number of anilines is 1. The summed E-state index contributed by atoms with van der Waals surface area (Å²) in [6.45, 7) is 3.74. The largest absolute Gasteiger partial charge is 0.501 e. The molecule has 0 aliphatic rings.